The molecule has 62 valence electrons. The van der Waals surface area contributed by atoms with E-state index in [1.54, 1.807) is 0 Å². The summed E-state index contributed by atoms with van der Waals surface area (Å²) >= 11 is 0. The van der Waals surface area contributed by atoms with Crippen LogP contribution < -0.4 is 0 Å². The van der Waals surface area contributed by atoms with Crippen LogP contribution in [0.4, 0.5) is 0 Å². The van der Waals surface area contributed by atoms with Crippen molar-refractivity contribution in [1.82, 2.24) is 0 Å². The molecular weight excluding hydrogens is 144 g/mol. The van der Waals surface area contributed by atoms with Crippen molar-refractivity contribution < 1.29 is 0 Å². The van der Waals surface area contributed by atoms with Crippen molar-refractivity contribution in [1.29, 1.82) is 0 Å². The van der Waals surface area contributed by atoms with E-state index in [-0.39, 0.29) is 0 Å². The van der Waals surface area contributed by atoms with Crippen molar-refractivity contribution in [2.24, 2.45) is 11.8 Å². The summed E-state index contributed by atoms with van der Waals surface area (Å²) in [6, 6.07) is 0. The zero-order valence-corrected chi connectivity index (χ0v) is 7.51. The highest BCUT2D eigenvalue weighted by Crippen LogP contribution is 2.53. The first-order chi connectivity index (χ1) is 5.77. The molecule has 1 fully saturated rings. The Morgan fingerprint density at radius 2 is 2.08 bits per heavy atom. The Kier molecular flexibility index (Phi) is 1.57. The van der Waals surface area contributed by atoms with Crippen LogP contribution in [0.2, 0.25) is 0 Å². The van der Waals surface area contributed by atoms with Crippen LogP contribution in [-0.4, -0.2) is 0 Å². The number of hydrogen-bond acceptors (Lipinski definition) is 0. The summed E-state index contributed by atoms with van der Waals surface area (Å²) in [5.41, 5.74) is 4.20. The molecule has 2 aliphatic carbocycles. The van der Waals surface area contributed by atoms with Gasteiger partial charge >= 0.3 is 0 Å². The molecule has 0 aromatic carbocycles. The number of allylic oxidation sites excluding steroid dienone is 6. The van der Waals surface area contributed by atoms with E-state index in [2.05, 4.69) is 26.2 Å². The van der Waals surface area contributed by atoms with E-state index in [0.29, 0.717) is 0 Å². The van der Waals surface area contributed by atoms with E-state index in [0.717, 1.165) is 11.8 Å². The highest BCUT2D eigenvalue weighted by molar-refractivity contribution is 5.50. The van der Waals surface area contributed by atoms with Crippen LogP contribution in [0.5, 0.6) is 0 Å². The van der Waals surface area contributed by atoms with E-state index in [4.69, 9.17) is 0 Å². The average Bonchev–Trinajstić information content (AvgIpc) is 2.84. The van der Waals surface area contributed by atoms with Gasteiger partial charge in [0, 0.05) is 0 Å². The summed E-state index contributed by atoms with van der Waals surface area (Å²) in [5, 5.41) is 0. The lowest BCUT2D eigenvalue weighted by atomic mass is 9.93. The molecule has 0 heterocycles. The normalized spacial score (nSPS) is 32.2. The van der Waals surface area contributed by atoms with Gasteiger partial charge in [0.15, 0.2) is 0 Å². The van der Waals surface area contributed by atoms with Crippen LogP contribution in [0.3, 0.4) is 0 Å². The van der Waals surface area contributed by atoms with Crippen LogP contribution in [0.15, 0.2) is 48.1 Å². The van der Waals surface area contributed by atoms with Crippen LogP contribution in [0.25, 0.3) is 0 Å². The molecule has 0 bridgehead atoms. The van der Waals surface area contributed by atoms with Gasteiger partial charge in [0.2, 0.25) is 0 Å². The molecule has 0 nitrogen and oxygen atoms in total. The summed E-state index contributed by atoms with van der Waals surface area (Å²) in [6.07, 6.45) is 7.50. The van der Waals surface area contributed by atoms with E-state index in [1.165, 1.54) is 23.1 Å². The smallest absolute Gasteiger partial charge is 0.00845 e. The van der Waals surface area contributed by atoms with E-state index >= 15 is 0 Å². The number of fused-ring (bicyclic) bond motifs is 1. The molecule has 2 atom stereocenters. The van der Waals surface area contributed by atoms with Crippen LogP contribution in [0, 0.1) is 11.8 Å². The van der Waals surface area contributed by atoms with E-state index < -0.39 is 0 Å². The molecule has 0 N–H and O–H groups in total. The Labute approximate surface area is 74.0 Å². The van der Waals surface area contributed by atoms with Crippen LogP contribution in [-0.2, 0) is 0 Å². The first-order valence-corrected chi connectivity index (χ1v) is 4.45. The third-order valence-corrected chi connectivity index (χ3v) is 2.93. The Morgan fingerprint density at radius 1 is 1.33 bits per heavy atom. The fourth-order valence-corrected chi connectivity index (χ4v) is 2.14. The van der Waals surface area contributed by atoms with Crippen molar-refractivity contribution >= 4 is 0 Å². The van der Waals surface area contributed by atoms with Crippen molar-refractivity contribution in [3.8, 4) is 0 Å². The van der Waals surface area contributed by atoms with E-state index in [9.17, 15) is 0 Å². The highest BCUT2D eigenvalue weighted by atomic mass is 14.5. The molecular formula is C12H14. The molecule has 0 aromatic heterocycles. The SMILES string of the molecule is C=CC1=C(C=C)C2CC2C(C)=C1. The van der Waals surface area contributed by atoms with Crippen LogP contribution >= 0.6 is 0 Å². The lowest BCUT2D eigenvalue weighted by molar-refractivity contribution is 0.871. The molecule has 0 amide bonds. The van der Waals surface area contributed by atoms with Gasteiger partial charge in [-0.15, -0.1) is 0 Å². The Balaban J connectivity index is 2.46. The molecule has 0 aliphatic heterocycles. The predicted molar refractivity (Wildman–Crippen MR) is 52.8 cm³/mol. The second-order valence-electron chi connectivity index (χ2n) is 3.66. The summed E-state index contributed by atoms with van der Waals surface area (Å²) in [5.74, 6) is 1.59. The second-order valence-corrected chi connectivity index (χ2v) is 3.66. The zero-order chi connectivity index (χ0) is 8.72. The largest absolute Gasteiger partial charge is 0.0988 e. The lowest BCUT2D eigenvalue weighted by Gasteiger charge is -2.12. The van der Waals surface area contributed by atoms with Gasteiger partial charge in [-0.2, -0.15) is 0 Å². The van der Waals surface area contributed by atoms with Crippen molar-refractivity contribution in [2.75, 3.05) is 0 Å². The van der Waals surface area contributed by atoms with E-state index in [1.807, 2.05) is 12.2 Å². The van der Waals surface area contributed by atoms with Crippen molar-refractivity contribution in [3.05, 3.63) is 48.1 Å². The highest BCUT2D eigenvalue weighted by Gasteiger charge is 2.42. The monoisotopic (exact) mass is 158 g/mol. The van der Waals surface area contributed by atoms with Gasteiger partial charge in [0.25, 0.3) is 0 Å². The van der Waals surface area contributed by atoms with Gasteiger partial charge in [-0.1, -0.05) is 37.0 Å². The molecule has 0 heteroatoms. The quantitative estimate of drug-likeness (QED) is 0.578. The summed E-state index contributed by atoms with van der Waals surface area (Å²) < 4.78 is 0. The van der Waals surface area contributed by atoms with Gasteiger partial charge in [-0.05, 0) is 36.3 Å². The first-order valence-electron chi connectivity index (χ1n) is 4.45. The summed E-state index contributed by atoms with van der Waals surface area (Å²) in [4.78, 5) is 0. The zero-order valence-electron chi connectivity index (χ0n) is 7.51. The van der Waals surface area contributed by atoms with Crippen molar-refractivity contribution in [2.45, 2.75) is 13.3 Å². The maximum absolute atomic E-state index is 3.85. The standard InChI is InChI=1S/C12H14/c1-4-9-6-8(3)11-7-12(11)10(9)5-2/h4-6,11-12H,1-2,7H2,3H3. The Bertz CT molecular complexity index is 302. The Hall–Kier alpha value is -1.04. The number of rotatable bonds is 2. The molecule has 1 saturated carbocycles. The molecule has 2 unspecified atom stereocenters. The predicted octanol–water partition coefficient (Wildman–Crippen LogP) is 3.25. The van der Waals surface area contributed by atoms with Gasteiger partial charge in [-0.3, -0.25) is 0 Å². The maximum atomic E-state index is 3.85. The summed E-state index contributed by atoms with van der Waals surface area (Å²) in [6.45, 7) is 9.89. The topological polar surface area (TPSA) is 0 Å². The fraction of sp³-hybridized carbons (Fsp3) is 0.333. The van der Waals surface area contributed by atoms with Gasteiger partial charge in [0.05, 0.1) is 0 Å². The maximum Gasteiger partial charge on any atom is -0.00845 e. The third kappa shape index (κ3) is 0.911. The van der Waals surface area contributed by atoms with Gasteiger partial charge in [0.1, 0.15) is 0 Å². The average molecular weight is 158 g/mol. The minimum atomic E-state index is 0.764. The van der Waals surface area contributed by atoms with Crippen LogP contribution in [0.1, 0.15) is 13.3 Å². The molecule has 12 heavy (non-hydrogen) atoms. The van der Waals surface area contributed by atoms with Gasteiger partial charge < -0.3 is 0 Å². The minimum Gasteiger partial charge on any atom is -0.0988 e. The Morgan fingerprint density at radius 3 is 2.67 bits per heavy atom. The van der Waals surface area contributed by atoms with Crippen molar-refractivity contribution in [3.63, 3.8) is 0 Å². The molecule has 0 aromatic rings. The number of hydrogen-bond donors (Lipinski definition) is 0. The summed E-state index contributed by atoms with van der Waals surface area (Å²) in [7, 11) is 0. The first kappa shape index (κ1) is 7.60. The molecule has 2 aliphatic rings. The fourth-order valence-electron chi connectivity index (χ4n) is 2.14. The molecule has 0 radical (unpaired) electrons. The molecule has 2 rings (SSSR count). The molecule has 0 spiro atoms. The molecule has 0 saturated heterocycles. The minimum absolute atomic E-state index is 0.764. The third-order valence-electron chi connectivity index (χ3n) is 2.93. The second kappa shape index (κ2) is 2.48. The van der Waals surface area contributed by atoms with Gasteiger partial charge in [-0.25, -0.2) is 0 Å². The lowest BCUT2D eigenvalue weighted by Crippen LogP contribution is -1.97.